The molecule has 2 atom stereocenters. The Kier molecular flexibility index (Phi) is 7.62. The summed E-state index contributed by atoms with van der Waals surface area (Å²) >= 11 is 0. The van der Waals surface area contributed by atoms with Crippen LogP contribution in [-0.2, 0) is 11.2 Å². The molecule has 0 bridgehead atoms. The van der Waals surface area contributed by atoms with Gasteiger partial charge in [-0.25, -0.2) is 9.97 Å². The zero-order chi connectivity index (χ0) is 22.2. The van der Waals surface area contributed by atoms with Gasteiger partial charge in [0.1, 0.15) is 5.82 Å². The maximum Gasteiger partial charge on any atom is 0.237 e. The third kappa shape index (κ3) is 6.01. The predicted molar refractivity (Wildman–Crippen MR) is 127 cm³/mol. The molecule has 0 spiro atoms. The van der Waals surface area contributed by atoms with Crippen molar-refractivity contribution in [2.24, 2.45) is 0 Å². The molecule has 3 aromatic rings. The van der Waals surface area contributed by atoms with E-state index in [1.807, 2.05) is 49.4 Å². The van der Waals surface area contributed by atoms with E-state index >= 15 is 0 Å². The summed E-state index contributed by atoms with van der Waals surface area (Å²) in [5.74, 6) is 0.731. The molecule has 32 heavy (non-hydrogen) atoms. The molecule has 1 fully saturated rings. The molecule has 2 N–H and O–H groups in total. The lowest BCUT2D eigenvalue weighted by molar-refractivity contribution is -0.124. The highest BCUT2D eigenvalue weighted by molar-refractivity contribution is 5.82. The molecule has 1 aliphatic rings. The summed E-state index contributed by atoms with van der Waals surface area (Å²) in [6.45, 7) is 1.96. The first-order chi connectivity index (χ1) is 15.7. The van der Waals surface area contributed by atoms with Gasteiger partial charge in [-0.2, -0.15) is 0 Å². The summed E-state index contributed by atoms with van der Waals surface area (Å²) in [5.41, 5.74) is 3.08. The van der Waals surface area contributed by atoms with E-state index in [9.17, 15) is 4.79 Å². The lowest BCUT2D eigenvalue weighted by atomic mass is 9.94. The van der Waals surface area contributed by atoms with E-state index < -0.39 is 6.04 Å². The normalized spacial score (nSPS) is 16.3. The van der Waals surface area contributed by atoms with Gasteiger partial charge in [0.05, 0.1) is 12.1 Å². The number of nitrogens with one attached hydrogen (secondary N) is 2. The lowest BCUT2D eigenvalue weighted by Crippen LogP contribution is -2.50. The van der Waals surface area contributed by atoms with Crippen LogP contribution in [-0.4, -0.2) is 28.0 Å². The van der Waals surface area contributed by atoms with Crippen LogP contribution in [0, 0.1) is 6.92 Å². The number of carbonyl (C=O) groups excluding carboxylic acids is 1. The third-order valence-electron chi connectivity index (χ3n) is 6.12. The summed E-state index contributed by atoms with van der Waals surface area (Å²) in [7, 11) is 0. The highest BCUT2D eigenvalue weighted by Crippen LogP contribution is 2.22. The minimum Gasteiger partial charge on any atom is -0.352 e. The smallest absolute Gasteiger partial charge is 0.237 e. The molecule has 0 unspecified atom stereocenters. The van der Waals surface area contributed by atoms with Crippen LogP contribution >= 0.6 is 0 Å². The number of aromatic nitrogens is 2. The number of hydrogen-bond acceptors (Lipinski definition) is 4. The zero-order valence-electron chi connectivity index (χ0n) is 18.7. The SMILES string of the molecule is Cc1ccnc([C@H](N[C@@H](Cc2ccccc2)C(=O)NC2CCCCC2)c2ccccc2)n1. The summed E-state index contributed by atoms with van der Waals surface area (Å²) in [5, 5.41) is 6.93. The van der Waals surface area contributed by atoms with Gasteiger partial charge in [-0.15, -0.1) is 0 Å². The quantitative estimate of drug-likeness (QED) is 0.553. The van der Waals surface area contributed by atoms with Gasteiger partial charge in [0.25, 0.3) is 0 Å². The van der Waals surface area contributed by atoms with Gasteiger partial charge in [0.15, 0.2) is 0 Å². The average Bonchev–Trinajstić information content (AvgIpc) is 2.83. The minimum absolute atomic E-state index is 0.0503. The Morgan fingerprint density at radius 3 is 2.34 bits per heavy atom. The molecule has 1 saturated carbocycles. The molecule has 0 aliphatic heterocycles. The van der Waals surface area contributed by atoms with E-state index in [4.69, 9.17) is 0 Å². The Labute approximate surface area is 190 Å². The van der Waals surface area contributed by atoms with E-state index in [-0.39, 0.29) is 18.0 Å². The predicted octanol–water partition coefficient (Wildman–Crippen LogP) is 4.52. The Hall–Kier alpha value is -3.05. The average molecular weight is 429 g/mol. The highest BCUT2D eigenvalue weighted by atomic mass is 16.2. The summed E-state index contributed by atoms with van der Waals surface area (Å²) < 4.78 is 0. The molecule has 5 nitrogen and oxygen atoms in total. The highest BCUT2D eigenvalue weighted by Gasteiger charge is 2.28. The maximum absolute atomic E-state index is 13.5. The number of aryl methyl sites for hydroxylation is 1. The second kappa shape index (κ2) is 11.0. The van der Waals surface area contributed by atoms with Crippen molar-refractivity contribution in [2.45, 2.75) is 63.6 Å². The van der Waals surface area contributed by atoms with E-state index in [1.54, 1.807) is 6.20 Å². The Bertz CT molecular complexity index is 987. The standard InChI is InChI=1S/C27H32N4O/c1-20-17-18-28-26(29-20)25(22-13-7-3-8-14-22)31-24(19-21-11-5-2-6-12-21)27(32)30-23-15-9-4-10-16-23/h2-3,5-8,11-14,17-18,23-25,31H,4,9-10,15-16,19H2,1H3,(H,30,32)/t24-,25+/m0/s1. The number of carbonyl (C=O) groups is 1. The maximum atomic E-state index is 13.5. The number of rotatable bonds is 8. The first-order valence-corrected chi connectivity index (χ1v) is 11.6. The van der Waals surface area contributed by atoms with Crippen molar-refractivity contribution >= 4 is 5.91 Å². The molecule has 166 valence electrons. The second-order valence-electron chi connectivity index (χ2n) is 8.65. The number of benzene rings is 2. The van der Waals surface area contributed by atoms with Crippen LogP contribution < -0.4 is 10.6 Å². The molecule has 2 aromatic carbocycles. The fourth-order valence-corrected chi connectivity index (χ4v) is 4.40. The first kappa shape index (κ1) is 22.2. The first-order valence-electron chi connectivity index (χ1n) is 11.6. The van der Waals surface area contributed by atoms with Crippen molar-refractivity contribution in [1.82, 2.24) is 20.6 Å². The summed E-state index contributed by atoms with van der Waals surface area (Å²) in [4.78, 5) is 22.7. The Balaban J connectivity index is 1.62. The molecule has 1 heterocycles. The molecular formula is C27H32N4O. The van der Waals surface area contributed by atoms with Crippen molar-refractivity contribution in [3.8, 4) is 0 Å². The van der Waals surface area contributed by atoms with Crippen LogP contribution in [0.5, 0.6) is 0 Å². The van der Waals surface area contributed by atoms with Crippen molar-refractivity contribution in [2.75, 3.05) is 0 Å². The summed E-state index contributed by atoms with van der Waals surface area (Å²) in [6, 6.07) is 21.8. The van der Waals surface area contributed by atoms with Crippen LogP contribution in [0.25, 0.3) is 0 Å². The van der Waals surface area contributed by atoms with Gasteiger partial charge in [0, 0.05) is 17.9 Å². The van der Waals surface area contributed by atoms with E-state index in [0.717, 1.165) is 29.7 Å². The Morgan fingerprint density at radius 2 is 1.66 bits per heavy atom. The summed E-state index contributed by atoms with van der Waals surface area (Å²) in [6.07, 6.45) is 8.15. The van der Waals surface area contributed by atoms with Gasteiger partial charge >= 0.3 is 0 Å². The molecule has 1 amide bonds. The number of amides is 1. The number of hydrogen-bond donors (Lipinski definition) is 2. The fraction of sp³-hybridized carbons (Fsp3) is 0.370. The third-order valence-corrected chi connectivity index (χ3v) is 6.12. The van der Waals surface area contributed by atoms with Crippen LogP contribution in [0.15, 0.2) is 72.9 Å². The van der Waals surface area contributed by atoms with Crippen LogP contribution in [0.3, 0.4) is 0 Å². The number of nitrogens with zero attached hydrogens (tertiary/aromatic N) is 2. The monoisotopic (exact) mass is 428 g/mol. The van der Waals surface area contributed by atoms with Crippen molar-refractivity contribution in [3.63, 3.8) is 0 Å². The fourth-order valence-electron chi connectivity index (χ4n) is 4.40. The molecule has 1 aliphatic carbocycles. The van der Waals surface area contributed by atoms with Crippen LogP contribution in [0.1, 0.15) is 60.8 Å². The molecule has 0 radical (unpaired) electrons. The topological polar surface area (TPSA) is 66.9 Å². The van der Waals surface area contributed by atoms with Crippen LogP contribution in [0.2, 0.25) is 0 Å². The van der Waals surface area contributed by atoms with Gasteiger partial charge in [-0.3, -0.25) is 10.1 Å². The van der Waals surface area contributed by atoms with Gasteiger partial charge < -0.3 is 5.32 Å². The van der Waals surface area contributed by atoms with Gasteiger partial charge in [-0.05, 0) is 43.4 Å². The van der Waals surface area contributed by atoms with Gasteiger partial charge in [0.2, 0.25) is 5.91 Å². The largest absolute Gasteiger partial charge is 0.352 e. The molecule has 0 saturated heterocycles. The lowest BCUT2D eigenvalue weighted by Gasteiger charge is -2.28. The van der Waals surface area contributed by atoms with Crippen molar-refractivity contribution in [3.05, 3.63) is 95.6 Å². The van der Waals surface area contributed by atoms with Gasteiger partial charge in [-0.1, -0.05) is 79.9 Å². The minimum atomic E-state index is -0.395. The van der Waals surface area contributed by atoms with Crippen molar-refractivity contribution < 1.29 is 4.79 Å². The van der Waals surface area contributed by atoms with E-state index in [2.05, 4.69) is 44.9 Å². The second-order valence-corrected chi connectivity index (χ2v) is 8.65. The van der Waals surface area contributed by atoms with E-state index in [1.165, 1.54) is 19.3 Å². The van der Waals surface area contributed by atoms with Crippen LogP contribution in [0.4, 0.5) is 0 Å². The Morgan fingerprint density at radius 1 is 0.969 bits per heavy atom. The molecule has 5 heteroatoms. The van der Waals surface area contributed by atoms with E-state index in [0.29, 0.717) is 12.2 Å². The zero-order valence-corrected chi connectivity index (χ0v) is 18.7. The molecule has 4 rings (SSSR count). The van der Waals surface area contributed by atoms with Crippen molar-refractivity contribution in [1.29, 1.82) is 0 Å². The molecular weight excluding hydrogens is 396 g/mol. The molecule has 1 aromatic heterocycles.